The first kappa shape index (κ1) is 23.8. The normalized spacial score (nSPS) is 18.4. The summed E-state index contributed by atoms with van der Waals surface area (Å²) in [6.45, 7) is -0.447. The summed E-state index contributed by atoms with van der Waals surface area (Å²) in [5.74, 6) is -0.694. The summed E-state index contributed by atoms with van der Waals surface area (Å²) in [6, 6.07) is 7.68. The Morgan fingerprint density at radius 2 is 2.10 bits per heavy atom. The summed E-state index contributed by atoms with van der Waals surface area (Å²) in [7, 11) is 1.64. The second-order valence-electron chi connectivity index (χ2n) is 7.28. The molecule has 1 aliphatic carbocycles. The van der Waals surface area contributed by atoms with E-state index < -0.39 is 18.7 Å². The molecular formula is C20H21Cl3N4O3S. The van der Waals surface area contributed by atoms with Crippen LogP contribution in [0.4, 0.5) is 0 Å². The molecule has 0 unspecified atom stereocenters. The number of amides is 2. The molecule has 2 aromatic heterocycles. The molecule has 1 aromatic carbocycles. The van der Waals surface area contributed by atoms with E-state index in [-0.39, 0.29) is 30.3 Å². The molecule has 3 atom stereocenters. The first-order valence-electron chi connectivity index (χ1n) is 9.30. The van der Waals surface area contributed by atoms with Gasteiger partial charge in [0.05, 0.1) is 33.9 Å². The van der Waals surface area contributed by atoms with Gasteiger partial charge in [-0.05, 0) is 23.6 Å². The third-order valence-corrected chi connectivity index (χ3v) is 7.34. The van der Waals surface area contributed by atoms with Gasteiger partial charge in [-0.15, -0.1) is 23.7 Å². The second kappa shape index (κ2) is 9.36. The summed E-state index contributed by atoms with van der Waals surface area (Å²) in [5, 5.41) is 12.7. The van der Waals surface area contributed by atoms with Crippen molar-refractivity contribution >= 4 is 69.0 Å². The number of aromatic nitrogens is 1. The molecular weight excluding hydrogens is 483 g/mol. The van der Waals surface area contributed by atoms with Crippen LogP contribution in [0, 0.1) is 0 Å². The van der Waals surface area contributed by atoms with Crippen LogP contribution in [0.1, 0.15) is 27.7 Å². The van der Waals surface area contributed by atoms with Gasteiger partial charge in [0.15, 0.2) is 0 Å². The van der Waals surface area contributed by atoms with Crippen molar-refractivity contribution in [2.75, 3.05) is 13.7 Å². The van der Waals surface area contributed by atoms with Crippen molar-refractivity contribution in [3.8, 4) is 0 Å². The molecule has 7 nitrogen and oxygen atoms in total. The van der Waals surface area contributed by atoms with Crippen LogP contribution in [0.25, 0.3) is 10.2 Å². The molecule has 0 fully saturated rings. The van der Waals surface area contributed by atoms with Crippen LogP contribution >= 0.6 is 46.9 Å². The molecule has 5 N–H and O–H groups in total. The van der Waals surface area contributed by atoms with Gasteiger partial charge in [0.25, 0.3) is 5.91 Å². The summed E-state index contributed by atoms with van der Waals surface area (Å²) in [4.78, 5) is 30.1. The van der Waals surface area contributed by atoms with Crippen molar-refractivity contribution < 1.29 is 14.7 Å². The zero-order valence-corrected chi connectivity index (χ0v) is 19.5. The van der Waals surface area contributed by atoms with Crippen molar-refractivity contribution in [3.05, 3.63) is 56.5 Å². The van der Waals surface area contributed by atoms with E-state index in [1.807, 2.05) is 24.3 Å². The first-order valence-corrected chi connectivity index (χ1v) is 10.9. The number of nitrogens with zero attached hydrogens (tertiary/aromatic N) is 1. The van der Waals surface area contributed by atoms with E-state index in [0.717, 1.165) is 15.8 Å². The summed E-state index contributed by atoms with van der Waals surface area (Å²) >= 11 is 13.5. The highest BCUT2D eigenvalue weighted by Crippen LogP contribution is 2.39. The maximum Gasteiger partial charge on any atom is 0.268 e. The van der Waals surface area contributed by atoms with Gasteiger partial charge in [-0.1, -0.05) is 47.5 Å². The van der Waals surface area contributed by atoms with Crippen molar-refractivity contribution in [3.63, 3.8) is 0 Å². The Bertz CT molecular complexity index is 1130. The van der Waals surface area contributed by atoms with Crippen molar-refractivity contribution in [1.82, 2.24) is 15.2 Å². The number of benzene rings is 1. The predicted molar refractivity (Wildman–Crippen MR) is 125 cm³/mol. The molecule has 0 spiro atoms. The number of nitrogens with one attached hydrogen (secondary N) is 2. The zero-order valence-electron chi connectivity index (χ0n) is 16.4. The van der Waals surface area contributed by atoms with Crippen LogP contribution in [-0.4, -0.2) is 52.5 Å². The highest BCUT2D eigenvalue weighted by atomic mass is 35.5. The average molecular weight is 504 g/mol. The van der Waals surface area contributed by atoms with E-state index in [0.29, 0.717) is 27.0 Å². The molecule has 31 heavy (non-hydrogen) atoms. The number of thiophene rings is 1. The molecule has 0 saturated heterocycles. The molecule has 11 heteroatoms. The summed E-state index contributed by atoms with van der Waals surface area (Å²) in [5.41, 5.74) is 8.74. The van der Waals surface area contributed by atoms with Gasteiger partial charge >= 0.3 is 0 Å². The number of aliphatic hydroxyl groups is 1. The van der Waals surface area contributed by atoms with Crippen LogP contribution in [0.15, 0.2) is 30.3 Å². The van der Waals surface area contributed by atoms with Crippen molar-refractivity contribution in [1.29, 1.82) is 0 Å². The van der Waals surface area contributed by atoms with E-state index in [9.17, 15) is 14.7 Å². The molecule has 0 bridgehead atoms. The van der Waals surface area contributed by atoms with Gasteiger partial charge in [0.2, 0.25) is 5.91 Å². The van der Waals surface area contributed by atoms with Gasteiger partial charge in [-0.2, -0.15) is 0 Å². The standard InChI is InChI=1S/C20H20Cl2N4O3S.ClH/c1-26(20(29)11(23)8-27)17-10-5-3-2-4-9(10)6-12(17)25-19(28)13-7-14-16(24-13)15(21)18(22)30-14;/h2-5,7,11-12,17,24,27H,6,8,23H2,1H3,(H,25,28);1H/t11-,12+,17+;/m0./s1. The number of H-pyrrole nitrogens is 1. The van der Waals surface area contributed by atoms with Gasteiger partial charge in [0.1, 0.15) is 16.1 Å². The van der Waals surface area contributed by atoms with E-state index in [1.54, 1.807) is 13.1 Å². The minimum atomic E-state index is -1.01. The number of aliphatic hydroxyl groups excluding tert-OH is 1. The molecule has 2 amide bonds. The Balaban J connectivity index is 0.00000272. The van der Waals surface area contributed by atoms with E-state index >= 15 is 0 Å². The van der Waals surface area contributed by atoms with E-state index in [2.05, 4.69) is 10.3 Å². The van der Waals surface area contributed by atoms with E-state index in [4.69, 9.17) is 28.9 Å². The highest BCUT2D eigenvalue weighted by Gasteiger charge is 2.39. The van der Waals surface area contributed by atoms with Crippen molar-refractivity contribution in [2.45, 2.75) is 24.5 Å². The van der Waals surface area contributed by atoms with Crippen LogP contribution in [0.2, 0.25) is 9.36 Å². The Hall–Kier alpha value is -1.81. The van der Waals surface area contributed by atoms with Crippen LogP contribution in [-0.2, 0) is 11.2 Å². The smallest absolute Gasteiger partial charge is 0.268 e. The van der Waals surface area contributed by atoms with Gasteiger partial charge in [-0.25, -0.2) is 0 Å². The third kappa shape index (κ3) is 4.28. The quantitative estimate of drug-likeness (QED) is 0.428. The molecule has 0 radical (unpaired) electrons. The van der Waals surface area contributed by atoms with Gasteiger partial charge in [-0.3, -0.25) is 9.59 Å². The Labute approximate surface area is 198 Å². The van der Waals surface area contributed by atoms with Gasteiger partial charge in [0, 0.05) is 7.05 Å². The highest BCUT2D eigenvalue weighted by molar-refractivity contribution is 7.23. The minimum absolute atomic E-state index is 0. The first-order chi connectivity index (χ1) is 14.3. The SMILES string of the molecule is CN(C(=O)[C@@H](N)CO)[C@@H]1c2ccccc2C[C@H]1NC(=O)c1cc2sc(Cl)c(Cl)c2[nH]1.Cl. The Kier molecular flexibility index (Phi) is 7.20. The summed E-state index contributed by atoms with van der Waals surface area (Å²) in [6.07, 6.45) is 0.570. The number of nitrogens with two attached hydrogens (primary N) is 1. The molecule has 2 heterocycles. The Morgan fingerprint density at radius 3 is 2.77 bits per heavy atom. The maximum absolute atomic E-state index is 13.0. The lowest BCUT2D eigenvalue weighted by Gasteiger charge is -2.32. The van der Waals surface area contributed by atoms with Crippen LogP contribution in [0.3, 0.4) is 0 Å². The average Bonchev–Trinajstić information content (AvgIpc) is 3.39. The number of hydrogen-bond acceptors (Lipinski definition) is 5. The number of carbonyl (C=O) groups excluding carboxylic acids is 2. The zero-order chi connectivity index (χ0) is 21.6. The fourth-order valence-electron chi connectivity index (χ4n) is 3.95. The number of halogens is 3. The fraction of sp³-hybridized carbons (Fsp3) is 0.300. The third-order valence-electron chi connectivity index (χ3n) is 5.41. The number of hydrogen-bond donors (Lipinski definition) is 4. The second-order valence-corrected chi connectivity index (χ2v) is 9.31. The number of fused-ring (bicyclic) bond motifs is 2. The van der Waals surface area contributed by atoms with Crippen molar-refractivity contribution in [2.24, 2.45) is 5.73 Å². The number of rotatable bonds is 5. The lowest BCUT2D eigenvalue weighted by molar-refractivity contribution is -0.134. The molecule has 3 aromatic rings. The minimum Gasteiger partial charge on any atom is -0.394 e. The van der Waals surface area contributed by atoms with Gasteiger partial charge < -0.3 is 26.0 Å². The lowest BCUT2D eigenvalue weighted by Crippen LogP contribution is -2.50. The number of aromatic amines is 1. The Morgan fingerprint density at radius 1 is 1.39 bits per heavy atom. The largest absolute Gasteiger partial charge is 0.394 e. The van der Waals surface area contributed by atoms with Crippen LogP contribution in [0.5, 0.6) is 0 Å². The predicted octanol–water partition coefficient (Wildman–Crippen LogP) is 3.13. The summed E-state index contributed by atoms with van der Waals surface area (Å²) < 4.78 is 1.26. The van der Waals surface area contributed by atoms with Crippen LogP contribution < -0.4 is 11.1 Å². The monoisotopic (exact) mass is 502 g/mol. The lowest BCUT2D eigenvalue weighted by atomic mass is 10.0. The fourth-order valence-corrected chi connectivity index (χ4v) is 5.43. The topological polar surface area (TPSA) is 111 Å². The molecule has 4 rings (SSSR count). The molecule has 0 aliphatic heterocycles. The molecule has 1 aliphatic rings. The number of carbonyl (C=O) groups is 2. The maximum atomic E-state index is 13.0. The molecule has 0 saturated carbocycles. The van der Waals surface area contributed by atoms with E-state index in [1.165, 1.54) is 16.2 Å². The number of likely N-dealkylation sites (N-methyl/N-ethyl adjacent to an activating group) is 1. The molecule has 166 valence electrons.